The van der Waals surface area contributed by atoms with Crippen LogP contribution in [0.4, 0.5) is 5.69 Å². The van der Waals surface area contributed by atoms with Gasteiger partial charge >= 0.3 is 0 Å². The zero-order chi connectivity index (χ0) is 19.1. The van der Waals surface area contributed by atoms with Gasteiger partial charge in [-0.05, 0) is 57.3 Å². The molecular formula is C21H33IN6. The maximum absolute atomic E-state index is 9.39. The van der Waals surface area contributed by atoms with E-state index in [0.717, 1.165) is 56.2 Å². The molecule has 0 spiro atoms. The highest BCUT2D eigenvalue weighted by Gasteiger charge is 2.23. The van der Waals surface area contributed by atoms with Gasteiger partial charge in [-0.1, -0.05) is 12.1 Å². The van der Waals surface area contributed by atoms with Crippen LogP contribution in [0, 0.1) is 17.2 Å². The van der Waals surface area contributed by atoms with E-state index in [1.807, 2.05) is 31.3 Å². The average molecular weight is 496 g/mol. The standard InChI is InChI=1S/C21H32N6.HI/c1-23-21(24-14-17-7-5-11-26(2)15-17)25-19-9-6-12-27(16-19)20-10-4-3-8-18(20)13-22;/h3-4,8,10,17,19H,5-7,9,11-12,14-16H2,1-2H3,(H2,23,24,25);1H. The second-order valence-corrected chi connectivity index (χ2v) is 7.78. The van der Waals surface area contributed by atoms with Gasteiger partial charge in [0.05, 0.1) is 11.3 Å². The van der Waals surface area contributed by atoms with E-state index < -0.39 is 0 Å². The van der Waals surface area contributed by atoms with Gasteiger partial charge in [-0.3, -0.25) is 4.99 Å². The Morgan fingerprint density at radius 3 is 2.75 bits per heavy atom. The molecule has 0 aliphatic carbocycles. The lowest BCUT2D eigenvalue weighted by atomic mass is 9.98. The number of nitriles is 1. The van der Waals surface area contributed by atoms with Crippen LogP contribution in [-0.4, -0.2) is 63.7 Å². The molecule has 2 fully saturated rings. The van der Waals surface area contributed by atoms with Crippen LogP contribution in [0.3, 0.4) is 0 Å². The maximum Gasteiger partial charge on any atom is 0.191 e. The van der Waals surface area contributed by atoms with Crippen molar-refractivity contribution in [3.05, 3.63) is 29.8 Å². The number of piperidine rings is 2. The molecule has 3 rings (SSSR count). The van der Waals surface area contributed by atoms with E-state index in [2.05, 4.69) is 38.5 Å². The van der Waals surface area contributed by atoms with Crippen molar-refractivity contribution in [2.75, 3.05) is 51.7 Å². The Hall–Kier alpha value is -1.53. The fourth-order valence-corrected chi connectivity index (χ4v) is 4.23. The highest BCUT2D eigenvalue weighted by Crippen LogP contribution is 2.23. The molecule has 2 aliphatic rings. The van der Waals surface area contributed by atoms with Crippen LogP contribution in [-0.2, 0) is 0 Å². The Labute approximate surface area is 186 Å². The minimum atomic E-state index is 0. The van der Waals surface area contributed by atoms with E-state index in [0.29, 0.717) is 12.0 Å². The molecule has 0 saturated carbocycles. The summed E-state index contributed by atoms with van der Waals surface area (Å²) < 4.78 is 0. The van der Waals surface area contributed by atoms with Crippen LogP contribution in [0.25, 0.3) is 0 Å². The smallest absolute Gasteiger partial charge is 0.191 e. The quantitative estimate of drug-likeness (QED) is 0.381. The summed E-state index contributed by atoms with van der Waals surface area (Å²) in [5.41, 5.74) is 1.79. The van der Waals surface area contributed by atoms with E-state index in [-0.39, 0.29) is 24.0 Å². The highest BCUT2D eigenvalue weighted by molar-refractivity contribution is 14.0. The number of benzene rings is 1. The molecule has 7 heteroatoms. The van der Waals surface area contributed by atoms with Gasteiger partial charge in [0.2, 0.25) is 0 Å². The van der Waals surface area contributed by atoms with Crippen molar-refractivity contribution in [2.24, 2.45) is 10.9 Å². The van der Waals surface area contributed by atoms with Crippen LogP contribution in [0.1, 0.15) is 31.2 Å². The van der Waals surface area contributed by atoms with Gasteiger partial charge in [0.25, 0.3) is 0 Å². The van der Waals surface area contributed by atoms with Crippen molar-refractivity contribution in [1.29, 1.82) is 5.26 Å². The topological polar surface area (TPSA) is 66.7 Å². The summed E-state index contributed by atoms with van der Waals surface area (Å²) in [5.74, 6) is 1.58. The van der Waals surface area contributed by atoms with Crippen LogP contribution in [0.5, 0.6) is 0 Å². The predicted molar refractivity (Wildman–Crippen MR) is 127 cm³/mol. The zero-order valence-corrected chi connectivity index (χ0v) is 19.4. The molecule has 6 nitrogen and oxygen atoms in total. The molecule has 2 aliphatic heterocycles. The molecule has 28 heavy (non-hydrogen) atoms. The third-order valence-corrected chi connectivity index (χ3v) is 5.63. The van der Waals surface area contributed by atoms with Crippen molar-refractivity contribution in [2.45, 2.75) is 31.7 Å². The molecule has 2 saturated heterocycles. The van der Waals surface area contributed by atoms with Crippen LogP contribution >= 0.6 is 24.0 Å². The van der Waals surface area contributed by atoms with Crippen LogP contribution < -0.4 is 15.5 Å². The number of guanidine groups is 1. The van der Waals surface area contributed by atoms with Gasteiger partial charge in [-0.25, -0.2) is 0 Å². The van der Waals surface area contributed by atoms with Gasteiger partial charge in [0, 0.05) is 39.3 Å². The molecule has 0 bridgehead atoms. The predicted octanol–water partition coefficient (Wildman–Crippen LogP) is 2.65. The normalized spacial score (nSPS) is 23.5. The lowest BCUT2D eigenvalue weighted by Gasteiger charge is -2.36. The first kappa shape index (κ1) is 22.8. The van der Waals surface area contributed by atoms with Crippen molar-refractivity contribution < 1.29 is 0 Å². The SMILES string of the molecule is CN=C(NCC1CCCN(C)C1)NC1CCCN(c2ccccc2C#N)C1.I. The molecular weight excluding hydrogens is 463 g/mol. The Bertz CT molecular complexity index is 686. The van der Waals surface area contributed by atoms with Crippen molar-refractivity contribution in [3.63, 3.8) is 0 Å². The number of nitrogens with one attached hydrogen (secondary N) is 2. The number of rotatable bonds is 4. The number of halogens is 1. The summed E-state index contributed by atoms with van der Waals surface area (Å²) in [6.07, 6.45) is 4.81. The third-order valence-electron chi connectivity index (χ3n) is 5.63. The Balaban J connectivity index is 0.00000280. The molecule has 1 aromatic carbocycles. The molecule has 2 heterocycles. The lowest BCUT2D eigenvalue weighted by Crippen LogP contribution is -2.52. The van der Waals surface area contributed by atoms with Crippen molar-refractivity contribution in [3.8, 4) is 6.07 Å². The first-order chi connectivity index (χ1) is 13.2. The molecule has 0 aromatic heterocycles. The Kier molecular flexibility index (Phi) is 9.32. The number of para-hydroxylation sites is 1. The maximum atomic E-state index is 9.39. The van der Waals surface area contributed by atoms with Crippen molar-refractivity contribution in [1.82, 2.24) is 15.5 Å². The van der Waals surface area contributed by atoms with Gasteiger partial charge in [0.1, 0.15) is 6.07 Å². The summed E-state index contributed by atoms with van der Waals surface area (Å²) >= 11 is 0. The minimum absolute atomic E-state index is 0. The second-order valence-electron chi connectivity index (χ2n) is 7.78. The van der Waals surface area contributed by atoms with E-state index in [1.54, 1.807) is 0 Å². The Morgan fingerprint density at radius 2 is 2.00 bits per heavy atom. The van der Waals surface area contributed by atoms with E-state index in [4.69, 9.17) is 0 Å². The summed E-state index contributed by atoms with van der Waals surface area (Å²) in [4.78, 5) is 9.16. The number of likely N-dealkylation sites (tertiary alicyclic amines) is 1. The van der Waals surface area contributed by atoms with Gasteiger partial charge in [-0.2, -0.15) is 5.26 Å². The number of anilines is 1. The van der Waals surface area contributed by atoms with E-state index >= 15 is 0 Å². The second kappa shape index (κ2) is 11.5. The molecule has 154 valence electrons. The number of hydrogen-bond donors (Lipinski definition) is 2. The Morgan fingerprint density at radius 1 is 1.21 bits per heavy atom. The average Bonchev–Trinajstić information content (AvgIpc) is 2.71. The molecule has 0 amide bonds. The van der Waals surface area contributed by atoms with Crippen LogP contribution in [0.15, 0.2) is 29.3 Å². The van der Waals surface area contributed by atoms with Gasteiger partial charge in [0.15, 0.2) is 5.96 Å². The lowest BCUT2D eigenvalue weighted by molar-refractivity contribution is 0.210. The van der Waals surface area contributed by atoms with Gasteiger partial charge in [-0.15, -0.1) is 24.0 Å². The molecule has 0 radical (unpaired) electrons. The number of nitrogens with zero attached hydrogens (tertiary/aromatic N) is 4. The fraction of sp³-hybridized carbons (Fsp3) is 0.619. The third kappa shape index (κ3) is 6.24. The first-order valence-electron chi connectivity index (χ1n) is 10.1. The van der Waals surface area contributed by atoms with Crippen LogP contribution in [0.2, 0.25) is 0 Å². The zero-order valence-electron chi connectivity index (χ0n) is 17.0. The largest absolute Gasteiger partial charge is 0.368 e. The van der Waals surface area contributed by atoms with Gasteiger partial charge < -0.3 is 20.4 Å². The van der Waals surface area contributed by atoms with E-state index in [9.17, 15) is 5.26 Å². The number of aliphatic imine (C=N–C) groups is 1. The summed E-state index contributed by atoms with van der Waals surface area (Å²) in [6.45, 7) is 5.23. The minimum Gasteiger partial charge on any atom is -0.368 e. The monoisotopic (exact) mass is 496 g/mol. The molecule has 2 unspecified atom stereocenters. The summed E-state index contributed by atoms with van der Waals surface area (Å²) in [5, 5.41) is 16.5. The van der Waals surface area contributed by atoms with Crippen molar-refractivity contribution >= 4 is 35.6 Å². The fourth-order valence-electron chi connectivity index (χ4n) is 4.23. The molecule has 2 atom stereocenters. The summed E-state index contributed by atoms with van der Waals surface area (Å²) in [7, 11) is 4.04. The number of hydrogen-bond acceptors (Lipinski definition) is 4. The molecule has 1 aromatic rings. The first-order valence-corrected chi connectivity index (χ1v) is 10.1. The molecule has 2 N–H and O–H groups in total. The summed E-state index contributed by atoms with van der Waals surface area (Å²) in [6, 6.07) is 10.5. The highest BCUT2D eigenvalue weighted by atomic mass is 127. The van der Waals surface area contributed by atoms with E-state index in [1.165, 1.54) is 19.4 Å².